The van der Waals surface area contributed by atoms with Crippen molar-refractivity contribution in [2.24, 2.45) is 0 Å². The average Bonchev–Trinajstić information content (AvgIpc) is 3.13. The molecular weight excluding hydrogens is 346 g/mol. The Kier molecular flexibility index (Phi) is 4.64. The molecule has 1 aromatic carbocycles. The molecule has 1 amide bonds. The molecule has 0 aliphatic heterocycles. The quantitative estimate of drug-likeness (QED) is 0.772. The molecule has 0 aliphatic rings. The molecule has 0 atom stereocenters. The molecule has 124 valence electrons. The molecule has 0 unspecified atom stereocenters. The fraction of sp³-hybridized carbons (Fsp3) is 0.250. The molecule has 0 bridgehead atoms. The first kappa shape index (κ1) is 16.6. The van der Waals surface area contributed by atoms with Crippen LogP contribution in [0, 0.1) is 20.8 Å². The molecule has 24 heavy (non-hydrogen) atoms. The Morgan fingerprint density at radius 2 is 2.12 bits per heavy atom. The van der Waals surface area contributed by atoms with Crippen LogP contribution in [0.2, 0.25) is 5.02 Å². The molecule has 1 N–H and O–H groups in total. The minimum atomic E-state index is -0.139. The second kappa shape index (κ2) is 6.70. The minimum Gasteiger partial charge on any atom is -0.300 e. The standard InChI is InChI=1S/C16H16ClN5OS/c1-9-4-5-12(6-14(9)17)22-11(3)13(10(2)21-22)7-15(23)19-16-20-18-8-24-16/h4-6,8H,7H2,1-3H3,(H,19,20,23). The summed E-state index contributed by atoms with van der Waals surface area (Å²) < 4.78 is 1.81. The summed E-state index contributed by atoms with van der Waals surface area (Å²) in [5.74, 6) is -0.139. The zero-order valence-corrected chi connectivity index (χ0v) is 15.1. The van der Waals surface area contributed by atoms with Crippen LogP contribution in [0.3, 0.4) is 0 Å². The van der Waals surface area contributed by atoms with E-state index in [-0.39, 0.29) is 12.3 Å². The Morgan fingerprint density at radius 1 is 1.33 bits per heavy atom. The first-order chi connectivity index (χ1) is 11.5. The molecule has 0 fully saturated rings. The van der Waals surface area contributed by atoms with E-state index in [9.17, 15) is 4.79 Å². The third-order valence-electron chi connectivity index (χ3n) is 3.78. The van der Waals surface area contributed by atoms with Crippen molar-refractivity contribution >= 4 is 34.0 Å². The van der Waals surface area contributed by atoms with Gasteiger partial charge in [-0.25, -0.2) is 4.68 Å². The third-order valence-corrected chi connectivity index (χ3v) is 4.80. The molecule has 0 saturated heterocycles. The van der Waals surface area contributed by atoms with Gasteiger partial charge in [0.05, 0.1) is 17.8 Å². The second-order valence-electron chi connectivity index (χ2n) is 5.46. The van der Waals surface area contributed by atoms with Crippen LogP contribution >= 0.6 is 22.9 Å². The number of nitrogens with one attached hydrogen (secondary N) is 1. The van der Waals surface area contributed by atoms with Crippen molar-refractivity contribution in [3.05, 3.63) is 51.2 Å². The van der Waals surface area contributed by atoms with E-state index in [2.05, 4.69) is 20.6 Å². The molecule has 2 aromatic heterocycles. The second-order valence-corrected chi connectivity index (χ2v) is 6.70. The van der Waals surface area contributed by atoms with E-state index in [0.717, 1.165) is 28.2 Å². The van der Waals surface area contributed by atoms with Crippen molar-refractivity contribution in [1.29, 1.82) is 0 Å². The summed E-state index contributed by atoms with van der Waals surface area (Å²) in [6, 6.07) is 5.79. The largest absolute Gasteiger partial charge is 0.300 e. The fourth-order valence-corrected chi connectivity index (χ4v) is 3.08. The molecule has 0 saturated carbocycles. The summed E-state index contributed by atoms with van der Waals surface area (Å²) in [4.78, 5) is 12.2. The van der Waals surface area contributed by atoms with Crippen molar-refractivity contribution in [3.63, 3.8) is 0 Å². The summed E-state index contributed by atoms with van der Waals surface area (Å²) in [6.07, 6.45) is 0.233. The molecular formula is C16H16ClN5OS. The van der Waals surface area contributed by atoms with Crippen molar-refractivity contribution in [3.8, 4) is 5.69 Å². The molecule has 0 aliphatic carbocycles. The van der Waals surface area contributed by atoms with Gasteiger partial charge in [0.15, 0.2) is 0 Å². The van der Waals surface area contributed by atoms with Gasteiger partial charge in [-0.2, -0.15) is 5.10 Å². The van der Waals surface area contributed by atoms with E-state index in [1.54, 1.807) is 5.51 Å². The van der Waals surface area contributed by atoms with Crippen LogP contribution in [0.5, 0.6) is 0 Å². The monoisotopic (exact) mass is 361 g/mol. The van der Waals surface area contributed by atoms with Gasteiger partial charge in [-0.15, -0.1) is 10.2 Å². The van der Waals surface area contributed by atoms with E-state index >= 15 is 0 Å². The van der Waals surface area contributed by atoms with Crippen LogP contribution in [0.25, 0.3) is 5.69 Å². The van der Waals surface area contributed by atoms with E-state index in [1.807, 2.05) is 43.7 Å². The van der Waals surface area contributed by atoms with Gasteiger partial charge in [0.25, 0.3) is 0 Å². The number of anilines is 1. The number of hydrogen-bond acceptors (Lipinski definition) is 5. The van der Waals surface area contributed by atoms with Crippen LogP contribution < -0.4 is 5.32 Å². The molecule has 2 heterocycles. The number of aromatic nitrogens is 4. The Balaban J connectivity index is 1.86. The lowest BCUT2D eigenvalue weighted by Crippen LogP contribution is -2.15. The number of nitrogens with zero attached hydrogens (tertiary/aromatic N) is 4. The normalized spacial score (nSPS) is 10.8. The fourth-order valence-electron chi connectivity index (χ4n) is 2.45. The van der Waals surface area contributed by atoms with Crippen molar-refractivity contribution in [2.75, 3.05) is 5.32 Å². The predicted octanol–water partition coefficient (Wildman–Crippen LogP) is 3.48. The Labute approximate surface area is 148 Å². The minimum absolute atomic E-state index is 0.139. The number of rotatable bonds is 4. The van der Waals surface area contributed by atoms with Gasteiger partial charge in [0, 0.05) is 16.3 Å². The highest BCUT2D eigenvalue weighted by molar-refractivity contribution is 7.13. The third kappa shape index (κ3) is 3.32. The summed E-state index contributed by atoms with van der Waals surface area (Å²) in [5.41, 5.74) is 6.09. The van der Waals surface area contributed by atoms with Crippen LogP contribution in [0.4, 0.5) is 5.13 Å². The number of benzene rings is 1. The summed E-state index contributed by atoms with van der Waals surface area (Å²) in [5, 5.41) is 16.0. The lowest BCUT2D eigenvalue weighted by atomic mass is 10.1. The Bertz CT molecular complexity index is 888. The van der Waals surface area contributed by atoms with E-state index in [4.69, 9.17) is 11.6 Å². The van der Waals surface area contributed by atoms with Crippen LogP contribution in [-0.2, 0) is 11.2 Å². The number of amides is 1. The maximum absolute atomic E-state index is 12.2. The van der Waals surface area contributed by atoms with Gasteiger partial charge < -0.3 is 5.32 Å². The summed E-state index contributed by atoms with van der Waals surface area (Å²) in [7, 11) is 0. The van der Waals surface area contributed by atoms with Gasteiger partial charge in [0.2, 0.25) is 11.0 Å². The number of carbonyl (C=O) groups excluding carboxylic acids is 1. The summed E-state index contributed by atoms with van der Waals surface area (Å²) >= 11 is 7.50. The lowest BCUT2D eigenvalue weighted by Gasteiger charge is -2.07. The van der Waals surface area contributed by atoms with Crippen LogP contribution in [-0.4, -0.2) is 25.9 Å². The van der Waals surface area contributed by atoms with E-state index in [0.29, 0.717) is 10.2 Å². The number of halogens is 1. The maximum Gasteiger partial charge on any atom is 0.230 e. The van der Waals surface area contributed by atoms with Crippen LogP contribution in [0.15, 0.2) is 23.7 Å². The van der Waals surface area contributed by atoms with E-state index < -0.39 is 0 Å². The summed E-state index contributed by atoms with van der Waals surface area (Å²) in [6.45, 7) is 5.80. The van der Waals surface area contributed by atoms with Gasteiger partial charge >= 0.3 is 0 Å². The molecule has 8 heteroatoms. The number of carbonyl (C=O) groups is 1. The SMILES string of the molecule is Cc1ccc(-n2nc(C)c(CC(=O)Nc3nncs3)c2C)cc1Cl. The number of aryl methyl sites for hydroxylation is 2. The highest BCUT2D eigenvalue weighted by Crippen LogP contribution is 2.23. The molecule has 0 radical (unpaired) electrons. The Hall–Kier alpha value is -2.25. The van der Waals surface area contributed by atoms with Crippen molar-refractivity contribution < 1.29 is 4.79 Å². The molecule has 6 nitrogen and oxygen atoms in total. The van der Waals surface area contributed by atoms with Gasteiger partial charge in [-0.1, -0.05) is 29.0 Å². The highest BCUT2D eigenvalue weighted by Gasteiger charge is 2.17. The van der Waals surface area contributed by atoms with Gasteiger partial charge in [0.1, 0.15) is 5.51 Å². The lowest BCUT2D eigenvalue weighted by molar-refractivity contribution is -0.115. The van der Waals surface area contributed by atoms with Crippen molar-refractivity contribution in [1.82, 2.24) is 20.0 Å². The van der Waals surface area contributed by atoms with Crippen LogP contribution in [0.1, 0.15) is 22.5 Å². The zero-order valence-electron chi connectivity index (χ0n) is 13.5. The average molecular weight is 362 g/mol. The first-order valence-corrected chi connectivity index (χ1v) is 8.59. The predicted molar refractivity (Wildman–Crippen MR) is 95.0 cm³/mol. The molecule has 3 rings (SSSR count). The molecule has 0 spiro atoms. The molecule has 3 aromatic rings. The first-order valence-electron chi connectivity index (χ1n) is 7.33. The topological polar surface area (TPSA) is 72.7 Å². The maximum atomic E-state index is 12.2. The highest BCUT2D eigenvalue weighted by atomic mass is 35.5. The van der Waals surface area contributed by atoms with E-state index in [1.165, 1.54) is 11.3 Å². The van der Waals surface area contributed by atoms with Gasteiger partial charge in [-0.3, -0.25) is 4.79 Å². The zero-order chi connectivity index (χ0) is 17.3. The number of hydrogen-bond donors (Lipinski definition) is 1. The van der Waals surface area contributed by atoms with Crippen molar-refractivity contribution in [2.45, 2.75) is 27.2 Å². The Morgan fingerprint density at radius 3 is 2.79 bits per heavy atom. The van der Waals surface area contributed by atoms with Gasteiger partial charge in [-0.05, 0) is 38.5 Å². The smallest absolute Gasteiger partial charge is 0.230 e.